The van der Waals surface area contributed by atoms with Gasteiger partial charge >= 0.3 is 0 Å². The molecule has 1 amide bonds. The standard InChI is InChI=1S/C19H17ClN2O/c20-17-8-5-15(6-9-17)7-10-19(23)21-12-14-22-13-11-16-3-1-2-4-18(16)22/h1-11,13H,12,14H2,(H,21,23)/b10-7+. The van der Waals surface area contributed by atoms with Crippen molar-refractivity contribution in [1.82, 2.24) is 9.88 Å². The molecule has 116 valence electrons. The maximum absolute atomic E-state index is 11.8. The predicted molar refractivity (Wildman–Crippen MR) is 95.4 cm³/mol. The first kappa shape index (κ1) is 15.4. The fourth-order valence-electron chi connectivity index (χ4n) is 2.44. The normalized spacial score (nSPS) is 11.2. The van der Waals surface area contributed by atoms with Gasteiger partial charge in [0, 0.05) is 35.9 Å². The molecule has 0 atom stereocenters. The van der Waals surface area contributed by atoms with Crippen LogP contribution >= 0.6 is 11.6 Å². The van der Waals surface area contributed by atoms with Crippen LogP contribution in [0, 0.1) is 0 Å². The Kier molecular flexibility index (Phi) is 4.79. The third kappa shape index (κ3) is 4.02. The molecule has 0 spiro atoms. The molecule has 0 aliphatic carbocycles. The average Bonchev–Trinajstić information content (AvgIpc) is 2.98. The Morgan fingerprint density at radius 3 is 2.70 bits per heavy atom. The summed E-state index contributed by atoms with van der Waals surface area (Å²) in [5.74, 6) is -0.101. The van der Waals surface area contributed by atoms with Crippen LogP contribution in [0.5, 0.6) is 0 Å². The lowest BCUT2D eigenvalue weighted by Gasteiger charge is -2.06. The number of nitrogens with zero attached hydrogens (tertiary/aromatic N) is 1. The van der Waals surface area contributed by atoms with Crippen LogP contribution in [-0.2, 0) is 11.3 Å². The second-order valence-electron chi connectivity index (χ2n) is 5.24. The van der Waals surface area contributed by atoms with Crippen LogP contribution in [-0.4, -0.2) is 17.0 Å². The first-order valence-corrected chi connectivity index (χ1v) is 7.85. The number of halogens is 1. The molecular formula is C19H17ClN2O. The summed E-state index contributed by atoms with van der Waals surface area (Å²) in [4.78, 5) is 11.8. The van der Waals surface area contributed by atoms with Crippen LogP contribution in [0.15, 0.2) is 66.9 Å². The van der Waals surface area contributed by atoms with Gasteiger partial charge in [0.25, 0.3) is 0 Å². The van der Waals surface area contributed by atoms with Gasteiger partial charge in [-0.2, -0.15) is 0 Å². The van der Waals surface area contributed by atoms with Crippen molar-refractivity contribution in [1.29, 1.82) is 0 Å². The minimum absolute atomic E-state index is 0.101. The second-order valence-corrected chi connectivity index (χ2v) is 5.68. The molecule has 1 aromatic heterocycles. The Labute approximate surface area is 140 Å². The number of aromatic nitrogens is 1. The van der Waals surface area contributed by atoms with Crippen molar-refractivity contribution >= 4 is 34.5 Å². The highest BCUT2D eigenvalue weighted by atomic mass is 35.5. The zero-order valence-corrected chi connectivity index (χ0v) is 13.3. The van der Waals surface area contributed by atoms with Crippen molar-refractivity contribution in [3.63, 3.8) is 0 Å². The summed E-state index contributed by atoms with van der Waals surface area (Å²) in [6.07, 6.45) is 5.36. The Balaban J connectivity index is 1.52. The predicted octanol–water partition coefficient (Wildman–Crippen LogP) is 4.12. The van der Waals surface area contributed by atoms with Crippen LogP contribution in [0.4, 0.5) is 0 Å². The lowest BCUT2D eigenvalue weighted by atomic mass is 10.2. The topological polar surface area (TPSA) is 34.0 Å². The van der Waals surface area contributed by atoms with Gasteiger partial charge in [0.1, 0.15) is 0 Å². The van der Waals surface area contributed by atoms with Crippen molar-refractivity contribution in [2.75, 3.05) is 6.54 Å². The second kappa shape index (κ2) is 7.16. The summed E-state index contributed by atoms with van der Waals surface area (Å²) < 4.78 is 2.14. The van der Waals surface area contributed by atoms with Gasteiger partial charge in [-0.1, -0.05) is 41.9 Å². The number of carbonyl (C=O) groups excluding carboxylic acids is 1. The van der Waals surface area contributed by atoms with Gasteiger partial charge in [-0.25, -0.2) is 0 Å². The first-order chi connectivity index (χ1) is 11.2. The van der Waals surface area contributed by atoms with E-state index in [0.717, 1.165) is 12.1 Å². The molecule has 1 heterocycles. The molecule has 0 saturated carbocycles. The van der Waals surface area contributed by atoms with E-state index in [1.54, 1.807) is 18.2 Å². The van der Waals surface area contributed by atoms with E-state index in [1.165, 1.54) is 17.0 Å². The van der Waals surface area contributed by atoms with Gasteiger partial charge < -0.3 is 9.88 Å². The quantitative estimate of drug-likeness (QED) is 0.704. The molecule has 4 heteroatoms. The summed E-state index contributed by atoms with van der Waals surface area (Å²) in [6.45, 7) is 1.33. The third-order valence-electron chi connectivity index (χ3n) is 3.63. The van der Waals surface area contributed by atoms with Crippen molar-refractivity contribution < 1.29 is 4.79 Å². The molecule has 1 N–H and O–H groups in total. The van der Waals surface area contributed by atoms with Crippen LogP contribution in [0.3, 0.4) is 0 Å². The van der Waals surface area contributed by atoms with Crippen molar-refractivity contribution in [3.8, 4) is 0 Å². The van der Waals surface area contributed by atoms with Crippen LogP contribution < -0.4 is 5.32 Å². The SMILES string of the molecule is O=C(/C=C/c1ccc(Cl)cc1)NCCn1ccc2ccccc21. The monoisotopic (exact) mass is 324 g/mol. The molecule has 3 rings (SSSR count). The molecule has 0 radical (unpaired) electrons. The zero-order valence-electron chi connectivity index (χ0n) is 12.6. The number of hydrogen-bond donors (Lipinski definition) is 1. The van der Waals surface area contributed by atoms with Crippen molar-refractivity contribution in [3.05, 3.63) is 77.5 Å². The van der Waals surface area contributed by atoms with Crippen molar-refractivity contribution in [2.24, 2.45) is 0 Å². The number of para-hydroxylation sites is 1. The van der Waals surface area contributed by atoms with Crippen LogP contribution in [0.25, 0.3) is 17.0 Å². The summed E-state index contributed by atoms with van der Waals surface area (Å²) >= 11 is 5.83. The largest absolute Gasteiger partial charge is 0.351 e. The van der Waals surface area contributed by atoms with E-state index >= 15 is 0 Å². The van der Waals surface area contributed by atoms with Gasteiger partial charge in [-0.3, -0.25) is 4.79 Å². The lowest BCUT2D eigenvalue weighted by molar-refractivity contribution is -0.116. The number of hydrogen-bond acceptors (Lipinski definition) is 1. The highest BCUT2D eigenvalue weighted by Crippen LogP contribution is 2.14. The zero-order chi connectivity index (χ0) is 16.1. The maximum atomic E-state index is 11.8. The molecule has 23 heavy (non-hydrogen) atoms. The minimum Gasteiger partial charge on any atom is -0.351 e. The maximum Gasteiger partial charge on any atom is 0.244 e. The summed E-state index contributed by atoms with van der Waals surface area (Å²) in [5, 5.41) is 4.79. The molecule has 3 nitrogen and oxygen atoms in total. The lowest BCUT2D eigenvalue weighted by Crippen LogP contribution is -2.25. The van der Waals surface area contributed by atoms with Gasteiger partial charge in [0.05, 0.1) is 0 Å². The first-order valence-electron chi connectivity index (χ1n) is 7.48. The van der Waals surface area contributed by atoms with Gasteiger partial charge in [-0.05, 0) is 41.3 Å². The highest BCUT2D eigenvalue weighted by molar-refractivity contribution is 6.30. The Morgan fingerprint density at radius 1 is 1.09 bits per heavy atom. The summed E-state index contributed by atoms with van der Waals surface area (Å²) in [5.41, 5.74) is 2.12. The van der Waals surface area contributed by atoms with Crippen molar-refractivity contribution in [2.45, 2.75) is 6.54 Å². The fourth-order valence-corrected chi connectivity index (χ4v) is 2.57. The fraction of sp³-hybridized carbons (Fsp3) is 0.105. The molecule has 3 aromatic rings. The van der Waals surface area contributed by atoms with Gasteiger partial charge in [0.15, 0.2) is 0 Å². The molecule has 0 fully saturated rings. The van der Waals surface area contributed by atoms with Gasteiger partial charge in [0.2, 0.25) is 5.91 Å². The molecule has 0 aliphatic heterocycles. The number of fused-ring (bicyclic) bond motifs is 1. The van der Waals surface area contributed by atoms with Gasteiger partial charge in [-0.15, -0.1) is 0 Å². The summed E-state index contributed by atoms with van der Waals surface area (Å²) in [7, 11) is 0. The molecular weight excluding hydrogens is 308 g/mol. The summed E-state index contributed by atoms with van der Waals surface area (Å²) in [6, 6.07) is 17.6. The van der Waals surface area contributed by atoms with Crippen LogP contribution in [0.1, 0.15) is 5.56 Å². The van der Waals surface area contributed by atoms with E-state index in [0.29, 0.717) is 11.6 Å². The van der Waals surface area contributed by atoms with E-state index in [-0.39, 0.29) is 5.91 Å². The number of amides is 1. The molecule has 0 bridgehead atoms. The highest BCUT2D eigenvalue weighted by Gasteiger charge is 2.00. The Morgan fingerprint density at radius 2 is 1.87 bits per heavy atom. The number of carbonyl (C=O) groups is 1. The Hall–Kier alpha value is -2.52. The van der Waals surface area contributed by atoms with E-state index in [1.807, 2.05) is 30.5 Å². The third-order valence-corrected chi connectivity index (χ3v) is 3.88. The average molecular weight is 325 g/mol. The molecule has 0 aliphatic rings. The van der Waals surface area contributed by atoms with E-state index in [2.05, 4.69) is 28.1 Å². The van der Waals surface area contributed by atoms with E-state index < -0.39 is 0 Å². The molecule has 2 aromatic carbocycles. The number of benzene rings is 2. The van der Waals surface area contributed by atoms with Crippen LogP contribution in [0.2, 0.25) is 5.02 Å². The molecule has 0 saturated heterocycles. The minimum atomic E-state index is -0.101. The Bertz CT molecular complexity index is 834. The van der Waals surface area contributed by atoms with E-state index in [4.69, 9.17) is 11.6 Å². The molecule has 0 unspecified atom stereocenters. The number of rotatable bonds is 5. The van der Waals surface area contributed by atoms with E-state index in [9.17, 15) is 4.79 Å². The number of nitrogens with one attached hydrogen (secondary N) is 1. The smallest absolute Gasteiger partial charge is 0.244 e.